The van der Waals surface area contributed by atoms with Crippen molar-refractivity contribution < 1.29 is 8.42 Å². The summed E-state index contributed by atoms with van der Waals surface area (Å²) in [5.74, 6) is 0. The van der Waals surface area contributed by atoms with Gasteiger partial charge in [0.25, 0.3) is 5.56 Å². The van der Waals surface area contributed by atoms with Crippen molar-refractivity contribution in [1.29, 1.82) is 0 Å². The van der Waals surface area contributed by atoms with E-state index >= 15 is 0 Å². The Labute approximate surface area is 134 Å². The van der Waals surface area contributed by atoms with Gasteiger partial charge in [0, 0.05) is 31.5 Å². The molecule has 1 aliphatic carbocycles. The molecule has 2 aromatic rings. The van der Waals surface area contributed by atoms with E-state index in [1.165, 1.54) is 27.8 Å². The summed E-state index contributed by atoms with van der Waals surface area (Å²) in [5.41, 5.74) is -0.119. The van der Waals surface area contributed by atoms with E-state index in [0.29, 0.717) is 12.8 Å². The minimum absolute atomic E-state index is 0.0304. The van der Waals surface area contributed by atoms with E-state index in [1.807, 2.05) is 0 Å². The highest BCUT2D eigenvalue weighted by atomic mass is 32.2. The number of hydrogen-bond acceptors (Lipinski definition) is 5. The lowest BCUT2D eigenvalue weighted by atomic mass is 9.92. The van der Waals surface area contributed by atoms with Crippen LogP contribution < -0.4 is 10.3 Å². The highest BCUT2D eigenvalue weighted by Gasteiger charge is 2.27. The van der Waals surface area contributed by atoms with Gasteiger partial charge in [-0.2, -0.15) is 10.2 Å². The van der Waals surface area contributed by atoms with Gasteiger partial charge in [-0.3, -0.25) is 9.48 Å². The first-order valence-electron chi connectivity index (χ1n) is 7.50. The summed E-state index contributed by atoms with van der Waals surface area (Å²) < 4.78 is 30.2. The molecule has 0 aromatic carbocycles. The van der Waals surface area contributed by atoms with Crippen LogP contribution >= 0.6 is 0 Å². The molecule has 0 amide bonds. The van der Waals surface area contributed by atoms with E-state index in [2.05, 4.69) is 14.9 Å². The standard InChI is InChI=1S/C14H19N5O3S/c1-18-10-13(9-16-18)23(21,22)17-11-4-6-12(7-5-11)19-14(20)3-2-8-15-19/h2-3,8-12,17H,4-7H2,1H3. The van der Waals surface area contributed by atoms with Crippen LogP contribution in [-0.4, -0.2) is 34.0 Å². The number of nitrogens with zero attached hydrogens (tertiary/aromatic N) is 4. The van der Waals surface area contributed by atoms with E-state index in [9.17, 15) is 13.2 Å². The highest BCUT2D eigenvalue weighted by Crippen LogP contribution is 2.27. The van der Waals surface area contributed by atoms with E-state index in [0.717, 1.165) is 12.8 Å². The third-order valence-corrected chi connectivity index (χ3v) is 5.57. The van der Waals surface area contributed by atoms with Crippen molar-refractivity contribution in [3.63, 3.8) is 0 Å². The average molecular weight is 337 g/mol. The van der Waals surface area contributed by atoms with Crippen LogP contribution in [0.4, 0.5) is 0 Å². The van der Waals surface area contributed by atoms with Gasteiger partial charge in [-0.15, -0.1) is 0 Å². The maximum atomic E-state index is 12.3. The minimum atomic E-state index is -3.55. The fourth-order valence-electron chi connectivity index (χ4n) is 2.91. The van der Waals surface area contributed by atoms with Gasteiger partial charge in [0.2, 0.25) is 10.0 Å². The quantitative estimate of drug-likeness (QED) is 0.873. The van der Waals surface area contributed by atoms with E-state index in [-0.39, 0.29) is 22.5 Å². The zero-order chi connectivity index (χ0) is 16.4. The van der Waals surface area contributed by atoms with Crippen molar-refractivity contribution in [3.05, 3.63) is 41.1 Å². The van der Waals surface area contributed by atoms with E-state index in [4.69, 9.17) is 0 Å². The molecule has 0 radical (unpaired) electrons. The van der Waals surface area contributed by atoms with Crippen molar-refractivity contribution in [2.75, 3.05) is 0 Å². The molecule has 2 heterocycles. The topological polar surface area (TPSA) is 98.9 Å². The average Bonchev–Trinajstić information content (AvgIpc) is 2.96. The molecule has 8 nitrogen and oxygen atoms in total. The maximum Gasteiger partial charge on any atom is 0.266 e. The molecule has 0 bridgehead atoms. The van der Waals surface area contributed by atoms with Crippen LogP contribution in [0.25, 0.3) is 0 Å². The molecule has 9 heteroatoms. The summed E-state index contributed by atoms with van der Waals surface area (Å²) >= 11 is 0. The van der Waals surface area contributed by atoms with Gasteiger partial charge in [0.1, 0.15) is 4.90 Å². The lowest BCUT2D eigenvalue weighted by molar-refractivity contribution is 0.285. The molecule has 3 rings (SSSR count). The molecule has 23 heavy (non-hydrogen) atoms. The van der Waals surface area contributed by atoms with Crippen LogP contribution in [0.1, 0.15) is 31.7 Å². The monoisotopic (exact) mass is 337 g/mol. The van der Waals surface area contributed by atoms with E-state index in [1.54, 1.807) is 19.3 Å². The van der Waals surface area contributed by atoms with Crippen LogP contribution in [0, 0.1) is 0 Å². The summed E-state index contributed by atoms with van der Waals surface area (Å²) in [5, 5.41) is 7.99. The number of aromatic nitrogens is 4. The minimum Gasteiger partial charge on any atom is -0.274 e. The van der Waals surface area contributed by atoms with Gasteiger partial charge in [-0.05, 0) is 31.7 Å². The molecule has 0 atom stereocenters. The lowest BCUT2D eigenvalue weighted by Crippen LogP contribution is -2.39. The molecule has 1 fully saturated rings. The molecule has 1 saturated carbocycles. The summed E-state index contributed by atoms with van der Waals surface area (Å²) in [4.78, 5) is 12.0. The number of rotatable bonds is 4. The first kappa shape index (κ1) is 15.9. The smallest absolute Gasteiger partial charge is 0.266 e. The number of aryl methyl sites for hydroxylation is 1. The Morgan fingerprint density at radius 2 is 1.96 bits per heavy atom. The predicted molar refractivity (Wildman–Crippen MR) is 83.3 cm³/mol. The molecule has 124 valence electrons. The number of sulfonamides is 1. The SMILES string of the molecule is Cn1cc(S(=O)(=O)NC2CCC(n3ncccc3=O)CC2)cn1. The Hall–Kier alpha value is -2.00. The fraction of sp³-hybridized carbons (Fsp3) is 0.500. The second-order valence-electron chi connectivity index (χ2n) is 5.78. The zero-order valence-electron chi connectivity index (χ0n) is 12.8. The Morgan fingerprint density at radius 3 is 2.57 bits per heavy atom. The highest BCUT2D eigenvalue weighted by molar-refractivity contribution is 7.89. The van der Waals surface area contributed by atoms with Gasteiger partial charge in [0.15, 0.2) is 0 Å². The van der Waals surface area contributed by atoms with Crippen molar-refractivity contribution in [2.24, 2.45) is 7.05 Å². The van der Waals surface area contributed by atoms with Crippen molar-refractivity contribution in [2.45, 2.75) is 42.7 Å². The Kier molecular flexibility index (Phi) is 4.31. The Balaban J connectivity index is 1.63. The third-order valence-electron chi connectivity index (χ3n) is 4.10. The first-order chi connectivity index (χ1) is 11.0. The summed E-state index contributed by atoms with van der Waals surface area (Å²) in [6, 6.07) is 3.01. The molecule has 0 spiro atoms. The van der Waals surface area contributed by atoms with Crippen LogP contribution in [-0.2, 0) is 17.1 Å². The normalized spacial score (nSPS) is 22.1. The largest absolute Gasteiger partial charge is 0.274 e. The molecule has 0 unspecified atom stereocenters. The van der Waals surface area contributed by atoms with E-state index < -0.39 is 10.0 Å². The second kappa shape index (κ2) is 6.25. The fourth-order valence-corrected chi connectivity index (χ4v) is 4.19. The molecular weight excluding hydrogens is 318 g/mol. The zero-order valence-corrected chi connectivity index (χ0v) is 13.6. The summed E-state index contributed by atoms with van der Waals surface area (Å²) in [6.45, 7) is 0. The van der Waals surface area contributed by atoms with Crippen LogP contribution in [0.15, 0.2) is 40.4 Å². The predicted octanol–water partition coefficient (Wildman–Crippen LogP) is 0.439. The molecule has 1 aliphatic rings. The molecule has 0 saturated heterocycles. The molecule has 1 N–H and O–H groups in total. The number of nitrogens with one attached hydrogen (secondary N) is 1. The number of hydrogen-bond donors (Lipinski definition) is 1. The summed E-state index contributed by atoms with van der Waals surface area (Å²) in [6.07, 6.45) is 7.19. The molecular formula is C14H19N5O3S. The van der Waals surface area contributed by atoms with Gasteiger partial charge in [-0.1, -0.05) is 0 Å². The van der Waals surface area contributed by atoms with Gasteiger partial charge in [-0.25, -0.2) is 17.8 Å². The van der Waals surface area contributed by atoms with Crippen molar-refractivity contribution in [3.8, 4) is 0 Å². The first-order valence-corrected chi connectivity index (χ1v) is 8.99. The van der Waals surface area contributed by atoms with Crippen LogP contribution in [0.5, 0.6) is 0 Å². The van der Waals surface area contributed by atoms with Gasteiger partial charge >= 0.3 is 0 Å². The van der Waals surface area contributed by atoms with Gasteiger partial charge in [0.05, 0.1) is 12.2 Å². The molecule has 2 aromatic heterocycles. The van der Waals surface area contributed by atoms with Crippen LogP contribution in [0.2, 0.25) is 0 Å². The Bertz CT molecular complexity index is 834. The lowest BCUT2D eigenvalue weighted by Gasteiger charge is -2.29. The van der Waals surface area contributed by atoms with Crippen LogP contribution in [0.3, 0.4) is 0 Å². The second-order valence-corrected chi connectivity index (χ2v) is 7.50. The van der Waals surface area contributed by atoms with Gasteiger partial charge < -0.3 is 0 Å². The maximum absolute atomic E-state index is 12.3. The molecule has 0 aliphatic heterocycles. The summed E-state index contributed by atoms with van der Waals surface area (Å²) in [7, 11) is -1.87. The third kappa shape index (κ3) is 3.50. The van der Waals surface area contributed by atoms with Crippen molar-refractivity contribution in [1.82, 2.24) is 24.3 Å². The Morgan fingerprint density at radius 1 is 1.22 bits per heavy atom. The van der Waals surface area contributed by atoms with Crippen molar-refractivity contribution >= 4 is 10.0 Å².